The fourth-order valence-corrected chi connectivity index (χ4v) is 4.12. The number of benzene rings is 1. The van der Waals surface area contributed by atoms with Gasteiger partial charge in [-0.25, -0.2) is 14.8 Å². The van der Waals surface area contributed by atoms with E-state index in [4.69, 9.17) is 19.8 Å². The number of carboxylic acids is 1. The number of H-pyrrole nitrogens is 2. The molecular formula is C28H20N4O3. The van der Waals surface area contributed by atoms with Crippen molar-refractivity contribution in [3.8, 4) is 5.75 Å². The largest absolute Gasteiger partial charge is 0.482 e. The van der Waals surface area contributed by atoms with E-state index in [0.29, 0.717) is 5.75 Å². The summed E-state index contributed by atoms with van der Waals surface area (Å²) in [5.41, 5.74) is 9.10. The highest BCUT2D eigenvalue weighted by atomic mass is 16.5. The third kappa shape index (κ3) is 4.47. The van der Waals surface area contributed by atoms with Crippen molar-refractivity contribution in [2.45, 2.75) is 0 Å². The van der Waals surface area contributed by atoms with Crippen LogP contribution in [0, 0.1) is 0 Å². The number of nitrogens with zero attached hydrogens (tertiary/aromatic N) is 2. The van der Waals surface area contributed by atoms with Crippen LogP contribution in [0.15, 0.2) is 72.8 Å². The first-order valence-corrected chi connectivity index (χ1v) is 11.1. The molecule has 0 fully saturated rings. The van der Waals surface area contributed by atoms with Gasteiger partial charge in [0.25, 0.3) is 0 Å². The molecule has 35 heavy (non-hydrogen) atoms. The number of aliphatic carboxylic acids is 1. The van der Waals surface area contributed by atoms with Gasteiger partial charge in [0.15, 0.2) is 6.61 Å². The molecule has 7 heteroatoms. The molecule has 0 unspecified atom stereocenters. The van der Waals surface area contributed by atoms with E-state index in [0.717, 1.165) is 56.0 Å². The number of hydrogen-bond acceptors (Lipinski definition) is 4. The minimum absolute atomic E-state index is 0.378. The molecule has 0 atom stereocenters. The normalized spacial score (nSPS) is 12.4. The van der Waals surface area contributed by atoms with Crippen molar-refractivity contribution < 1.29 is 14.6 Å². The van der Waals surface area contributed by atoms with Crippen LogP contribution in [0.3, 0.4) is 0 Å². The van der Waals surface area contributed by atoms with E-state index in [2.05, 4.69) is 16.0 Å². The summed E-state index contributed by atoms with van der Waals surface area (Å²) in [4.78, 5) is 27.2. The van der Waals surface area contributed by atoms with Gasteiger partial charge in [-0.2, -0.15) is 0 Å². The maximum absolute atomic E-state index is 10.8. The Balaban J connectivity index is 1.50. The fraction of sp³-hybridized carbons (Fsp3) is 0.0357. The van der Waals surface area contributed by atoms with Crippen LogP contribution in [0.2, 0.25) is 0 Å². The molecular weight excluding hydrogens is 440 g/mol. The summed E-state index contributed by atoms with van der Waals surface area (Å²) in [5, 5.41) is 8.83. The number of ether oxygens (including phenoxy) is 1. The molecule has 4 aromatic rings. The quantitative estimate of drug-likeness (QED) is 0.321. The van der Waals surface area contributed by atoms with E-state index in [9.17, 15) is 4.79 Å². The minimum atomic E-state index is -1.01. The van der Waals surface area contributed by atoms with Crippen molar-refractivity contribution in [3.05, 3.63) is 101 Å². The lowest BCUT2D eigenvalue weighted by Gasteiger charge is -2.06. The van der Waals surface area contributed by atoms with Gasteiger partial charge in [-0.15, -0.1) is 0 Å². The van der Waals surface area contributed by atoms with Crippen LogP contribution in [0.1, 0.15) is 28.3 Å². The lowest BCUT2D eigenvalue weighted by molar-refractivity contribution is -0.139. The number of aromatic nitrogens is 4. The second kappa shape index (κ2) is 8.46. The SMILES string of the molecule is O=C(O)COc1ccc(C2=Cc3cc4ccc(cc5ccc(cc6nc(cc2n3)C=C6)[nH]5)[nH]4)cc1. The van der Waals surface area contributed by atoms with Gasteiger partial charge in [0.05, 0.1) is 22.8 Å². The first-order valence-electron chi connectivity index (χ1n) is 11.1. The summed E-state index contributed by atoms with van der Waals surface area (Å²) in [6, 6.07) is 23.5. The Kier molecular flexibility index (Phi) is 5.00. The van der Waals surface area contributed by atoms with Crippen LogP contribution >= 0.6 is 0 Å². The van der Waals surface area contributed by atoms with E-state index in [1.165, 1.54) is 0 Å². The molecule has 6 rings (SSSR count). The number of rotatable bonds is 4. The van der Waals surface area contributed by atoms with Gasteiger partial charge in [-0.3, -0.25) is 0 Å². The molecule has 0 aliphatic carbocycles. The Labute approximate surface area is 200 Å². The maximum Gasteiger partial charge on any atom is 0.341 e. The number of hydrogen-bond donors (Lipinski definition) is 3. The van der Waals surface area contributed by atoms with Crippen LogP contribution in [-0.2, 0) is 4.79 Å². The molecule has 7 nitrogen and oxygen atoms in total. The first kappa shape index (κ1) is 20.7. The lowest BCUT2D eigenvalue weighted by atomic mass is 10.0. The van der Waals surface area contributed by atoms with Crippen molar-refractivity contribution in [1.82, 2.24) is 19.9 Å². The van der Waals surface area contributed by atoms with E-state index in [1.807, 2.05) is 72.8 Å². The third-order valence-electron chi connectivity index (χ3n) is 5.69. The molecule has 0 amide bonds. The van der Waals surface area contributed by atoms with E-state index in [1.54, 1.807) is 12.1 Å². The predicted molar refractivity (Wildman–Crippen MR) is 136 cm³/mol. The van der Waals surface area contributed by atoms with Gasteiger partial charge in [0.2, 0.25) is 0 Å². The molecule has 3 N–H and O–H groups in total. The second-order valence-electron chi connectivity index (χ2n) is 8.30. The highest BCUT2D eigenvalue weighted by Crippen LogP contribution is 2.30. The van der Waals surface area contributed by atoms with Crippen molar-refractivity contribution in [1.29, 1.82) is 0 Å². The van der Waals surface area contributed by atoms with Crippen molar-refractivity contribution >= 4 is 51.8 Å². The zero-order valence-corrected chi connectivity index (χ0v) is 18.5. The van der Waals surface area contributed by atoms with Gasteiger partial charge in [0.1, 0.15) is 5.75 Å². The summed E-state index contributed by atoms with van der Waals surface area (Å²) in [5.74, 6) is -0.513. The number of carbonyl (C=O) groups is 1. The number of nitrogens with one attached hydrogen (secondary N) is 2. The van der Waals surface area contributed by atoms with Crippen LogP contribution in [0.25, 0.3) is 45.9 Å². The average molecular weight is 460 g/mol. The Morgan fingerprint density at radius 2 is 1.34 bits per heavy atom. The highest BCUT2D eigenvalue weighted by molar-refractivity contribution is 5.93. The zero-order valence-electron chi connectivity index (χ0n) is 18.5. The summed E-state index contributed by atoms with van der Waals surface area (Å²) < 4.78 is 5.27. The molecule has 8 bridgehead atoms. The van der Waals surface area contributed by atoms with Crippen LogP contribution < -0.4 is 4.74 Å². The Morgan fingerprint density at radius 1 is 0.743 bits per heavy atom. The number of aromatic amines is 2. The second-order valence-corrected chi connectivity index (χ2v) is 8.30. The topological polar surface area (TPSA) is 104 Å². The van der Waals surface area contributed by atoms with Gasteiger partial charge in [-0.05, 0) is 84.5 Å². The molecule has 2 aliphatic heterocycles. The monoisotopic (exact) mass is 460 g/mol. The number of fused-ring (bicyclic) bond motifs is 8. The standard InChI is InChI=1S/C28H20N4O3/c33-28(34)16-35-25-9-1-17(2-10-25)26-14-24-13-22-6-5-20(30-22)11-18-3-4-19(29-18)12-21-7-8-23(31-21)15-27(26)32-24/h1-15,29-30H,16H2,(H,33,34). The number of carboxylic acid groups (broad SMARTS) is 1. The van der Waals surface area contributed by atoms with Gasteiger partial charge in [-0.1, -0.05) is 12.1 Å². The Morgan fingerprint density at radius 3 is 2.00 bits per heavy atom. The van der Waals surface area contributed by atoms with E-state index < -0.39 is 5.97 Å². The smallest absolute Gasteiger partial charge is 0.341 e. The predicted octanol–water partition coefficient (Wildman–Crippen LogP) is 5.54. The molecule has 0 saturated carbocycles. The summed E-state index contributed by atoms with van der Waals surface area (Å²) in [6.07, 6.45) is 5.99. The minimum Gasteiger partial charge on any atom is -0.482 e. The molecule has 5 heterocycles. The molecule has 2 aliphatic rings. The zero-order chi connectivity index (χ0) is 23.8. The molecule has 1 aromatic carbocycles. The van der Waals surface area contributed by atoms with Crippen LogP contribution in [-0.4, -0.2) is 37.6 Å². The Hall–Kier alpha value is -4.91. The summed E-state index contributed by atoms with van der Waals surface area (Å²) >= 11 is 0. The molecule has 170 valence electrons. The van der Waals surface area contributed by atoms with Crippen molar-refractivity contribution in [3.63, 3.8) is 0 Å². The fourth-order valence-electron chi connectivity index (χ4n) is 4.12. The van der Waals surface area contributed by atoms with Gasteiger partial charge in [0, 0.05) is 27.6 Å². The van der Waals surface area contributed by atoms with Crippen molar-refractivity contribution in [2.24, 2.45) is 0 Å². The molecule has 0 saturated heterocycles. The van der Waals surface area contributed by atoms with E-state index >= 15 is 0 Å². The summed E-state index contributed by atoms with van der Waals surface area (Å²) in [7, 11) is 0. The highest BCUT2D eigenvalue weighted by Gasteiger charge is 2.14. The summed E-state index contributed by atoms with van der Waals surface area (Å²) in [6.45, 7) is -0.378. The van der Waals surface area contributed by atoms with E-state index in [-0.39, 0.29) is 6.61 Å². The van der Waals surface area contributed by atoms with Gasteiger partial charge >= 0.3 is 5.97 Å². The van der Waals surface area contributed by atoms with Crippen LogP contribution in [0.5, 0.6) is 5.75 Å². The van der Waals surface area contributed by atoms with Crippen LogP contribution in [0.4, 0.5) is 0 Å². The molecule has 0 spiro atoms. The molecule has 0 radical (unpaired) electrons. The first-order chi connectivity index (χ1) is 17.1. The molecule has 3 aromatic heterocycles. The third-order valence-corrected chi connectivity index (χ3v) is 5.69. The van der Waals surface area contributed by atoms with Gasteiger partial charge < -0.3 is 19.8 Å². The maximum atomic E-state index is 10.8. The van der Waals surface area contributed by atoms with Crippen molar-refractivity contribution in [2.75, 3.05) is 6.61 Å². The average Bonchev–Trinajstić information content (AvgIpc) is 3.63. The Bertz CT molecular complexity index is 1670. The lowest BCUT2D eigenvalue weighted by Crippen LogP contribution is -2.09.